The first-order valence-corrected chi connectivity index (χ1v) is 6.96. The predicted molar refractivity (Wildman–Crippen MR) is 75.5 cm³/mol. The summed E-state index contributed by atoms with van der Waals surface area (Å²) in [6, 6.07) is 0. The Morgan fingerprint density at radius 2 is 2.10 bits per heavy atom. The second-order valence-corrected chi connectivity index (χ2v) is 5.29. The van der Waals surface area contributed by atoms with Crippen molar-refractivity contribution >= 4 is 0 Å². The number of rotatable bonds is 8. The van der Waals surface area contributed by atoms with Crippen LogP contribution in [0.3, 0.4) is 0 Å². The minimum atomic E-state index is 0.244. The van der Waals surface area contributed by atoms with Crippen LogP contribution >= 0.6 is 0 Å². The summed E-state index contributed by atoms with van der Waals surface area (Å²) in [5.74, 6) is 2.41. The number of nitrogens with zero attached hydrogens (tertiary/aromatic N) is 6. The molecule has 0 N–H and O–H groups in total. The van der Waals surface area contributed by atoms with Crippen molar-refractivity contribution in [1.29, 1.82) is 0 Å². The molecule has 2 heterocycles. The Balaban J connectivity index is 1.91. The molecule has 0 bridgehead atoms. The summed E-state index contributed by atoms with van der Waals surface area (Å²) in [6.45, 7) is 6.67. The number of aromatic nitrogens is 5. The minimum absolute atomic E-state index is 0.244. The first-order chi connectivity index (χ1) is 10.1. The largest absolute Gasteiger partial charge is 0.424 e. The molecule has 21 heavy (non-hydrogen) atoms. The van der Waals surface area contributed by atoms with Gasteiger partial charge in [-0.15, -0.1) is 20.4 Å². The summed E-state index contributed by atoms with van der Waals surface area (Å²) in [6.07, 6.45) is 1.71. The summed E-state index contributed by atoms with van der Waals surface area (Å²) >= 11 is 0. The van der Waals surface area contributed by atoms with Crippen LogP contribution in [0.2, 0.25) is 0 Å². The van der Waals surface area contributed by atoms with E-state index in [1.165, 1.54) is 0 Å². The van der Waals surface area contributed by atoms with Gasteiger partial charge < -0.3 is 13.7 Å². The minimum Gasteiger partial charge on any atom is -0.424 e. The Labute approximate surface area is 124 Å². The zero-order valence-electron chi connectivity index (χ0n) is 13.0. The molecule has 2 rings (SSSR count). The maximum Gasteiger partial charge on any atom is 0.230 e. The van der Waals surface area contributed by atoms with Crippen molar-refractivity contribution in [3.8, 4) is 0 Å². The fraction of sp³-hybridized carbons (Fsp3) is 0.692. The van der Waals surface area contributed by atoms with Crippen LogP contribution in [0, 0.1) is 0 Å². The normalized spacial score (nSPS) is 11.7. The Morgan fingerprint density at radius 3 is 2.76 bits per heavy atom. The van der Waals surface area contributed by atoms with Gasteiger partial charge >= 0.3 is 0 Å². The third kappa shape index (κ3) is 4.33. The van der Waals surface area contributed by atoms with Gasteiger partial charge in [0.1, 0.15) is 12.2 Å². The predicted octanol–water partition coefficient (Wildman–Crippen LogP) is 1.06. The Hall–Kier alpha value is -1.80. The van der Waals surface area contributed by atoms with Crippen LogP contribution in [0.15, 0.2) is 10.7 Å². The van der Waals surface area contributed by atoms with Crippen LogP contribution in [0.25, 0.3) is 0 Å². The van der Waals surface area contributed by atoms with Gasteiger partial charge in [-0.3, -0.25) is 4.90 Å². The van der Waals surface area contributed by atoms with Crippen molar-refractivity contribution < 1.29 is 9.15 Å². The van der Waals surface area contributed by atoms with Gasteiger partial charge in [-0.1, -0.05) is 13.8 Å². The summed E-state index contributed by atoms with van der Waals surface area (Å²) in [4.78, 5) is 2.06. The topological polar surface area (TPSA) is 82.1 Å². The number of ether oxygens (including phenoxy) is 1. The van der Waals surface area contributed by atoms with Crippen molar-refractivity contribution in [2.45, 2.75) is 39.4 Å². The summed E-state index contributed by atoms with van der Waals surface area (Å²) in [7, 11) is 3.66. The SMILES string of the molecule is COCCn1cnnc1CN(C)Cc1nnc(C(C)C)o1. The number of methoxy groups -OCH3 is 1. The van der Waals surface area contributed by atoms with Gasteiger partial charge in [0.2, 0.25) is 11.8 Å². The fourth-order valence-electron chi connectivity index (χ4n) is 1.87. The maximum absolute atomic E-state index is 5.60. The zero-order valence-corrected chi connectivity index (χ0v) is 13.0. The van der Waals surface area contributed by atoms with Gasteiger partial charge in [0.25, 0.3) is 0 Å². The average Bonchev–Trinajstić information content (AvgIpc) is 3.06. The molecule has 0 atom stereocenters. The molecule has 8 heteroatoms. The van der Waals surface area contributed by atoms with E-state index >= 15 is 0 Å². The van der Waals surface area contributed by atoms with E-state index in [-0.39, 0.29) is 5.92 Å². The highest BCUT2D eigenvalue weighted by Gasteiger charge is 2.13. The third-order valence-corrected chi connectivity index (χ3v) is 3.02. The van der Waals surface area contributed by atoms with Crippen molar-refractivity contribution in [2.75, 3.05) is 20.8 Å². The van der Waals surface area contributed by atoms with Gasteiger partial charge in [-0.05, 0) is 7.05 Å². The summed E-state index contributed by atoms with van der Waals surface area (Å²) in [5, 5.41) is 16.2. The van der Waals surface area contributed by atoms with Gasteiger partial charge in [0.15, 0.2) is 0 Å². The monoisotopic (exact) mass is 294 g/mol. The van der Waals surface area contributed by atoms with Gasteiger partial charge in [-0.25, -0.2) is 0 Å². The molecule has 0 unspecified atom stereocenters. The molecule has 0 fully saturated rings. The molecule has 8 nitrogen and oxygen atoms in total. The van der Waals surface area contributed by atoms with Gasteiger partial charge in [-0.2, -0.15) is 0 Å². The van der Waals surface area contributed by atoms with E-state index in [1.54, 1.807) is 13.4 Å². The highest BCUT2D eigenvalue weighted by Crippen LogP contribution is 2.13. The molecule has 0 spiro atoms. The zero-order chi connectivity index (χ0) is 15.2. The van der Waals surface area contributed by atoms with E-state index in [1.807, 2.05) is 25.5 Å². The van der Waals surface area contributed by atoms with Crippen LogP contribution < -0.4 is 0 Å². The van der Waals surface area contributed by atoms with Crippen molar-refractivity contribution in [3.05, 3.63) is 23.9 Å². The molecule has 0 aromatic carbocycles. The molecule has 0 aliphatic carbocycles. The molecule has 0 saturated heterocycles. The van der Waals surface area contributed by atoms with Crippen molar-refractivity contribution in [3.63, 3.8) is 0 Å². The maximum atomic E-state index is 5.60. The van der Waals surface area contributed by atoms with Crippen molar-refractivity contribution in [1.82, 2.24) is 29.9 Å². The van der Waals surface area contributed by atoms with E-state index in [0.29, 0.717) is 31.5 Å². The van der Waals surface area contributed by atoms with Gasteiger partial charge in [0.05, 0.1) is 19.7 Å². The highest BCUT2D eigenvalue weighted by atomic mass is 16.5. The lowest BCUT2D eigenvalue weighted by atomic mass is 10.2. The van der Waals surface area contributed by atoms with Crippen LogP contribution in [-0.4, -0.2) is 50.6 Å². The van der Waals surface area contributed by atoms with Crippen LogP contribution in [0.5, 0.6) is 0 Å². The van der Waals surface area contributed by atoms with E-state index < -0.39 is 0 Å². The van der Waals surface area contributed by atoms with E-state index in [0.717, 1.165) is 12.4 Å². The molecular formula is C13H22N6O2. The molecule has 0 aliphatic rings. The second-order valence-electron chi connectivity index (χ2n) is 5.29. The van der Waals surface area contributed by atoms with Crippen LogP contribution in [0.4, 0.5) is 0 Å². The van der Waals surface area contributed by atoms with E-state index in [4.69, 9.17) is 9.15 Å². The van der Waals surface area contributed by atoms with Crippen LogP contribution in [-0.2, 0) is 24.4 Å². The lowest BCUT2D eigenvalue weighted by molar-refractivity contribution is 0.184. The molecule has 2 aromatic rings. The third-order valence-electron chi connectivity index (χ3n) is 3.02. The molecule has 0 saturated carbocycles. The molecule has 0 radical (unpaired) electrons. The first kappa shape index (κ1) is 15.6. The summed E-state index contributed by atoms with van der Waals surface area (Å²) < 4.78 is 12.7. The van der Waals surface area contributed by atoms with E-state index in [2.05, 4.69) is 25.3 Å². The molecule has 2 aromatic heterocycles. The quantitative estimate of drug-likeness (QED) is 0.720. The smallest absolute Gasteiger partial charge is 0.230 e. The Kier molecular flexibility index (Phi) is 5.40. The Bertz CT molecular complexity index is 550. The fourth-order valence-corrected chi connectivity index (χ4v) is 1.87. The molecular weight excluding hydrogens is 272 g/mol. The molecule has 0 aliphatic heterocycles. The first-order valence-electron chi connectivity index (χ1n) is 6.96. The second kappa shape index (κ2) is 7.28. The standard InChI is InChI=1S/C13H22N6O2/c1-10(2)13-17-16-12(21-13)8-18(3)7-11-15-14-9-19(11)5-6-20-4/h9-10H,5-8H2,1-4H3. The number of hydrogen-bond donors (Lipinski definition) is 0. The highest BCUT2D eigenvalue weighted by molar-refractivity contribution is 4.89. The lowest BCUT2D eigenvalue weighted by Gasteiger charge is -2.14. The Morgan fingerprint density at radius 1 is 1.29 bits per heavy atom. The lowest BCUT2D eigenvalue weighted by Crippen LogP contribution is -2.21. The van der Waals surface area contributed by atoms with Gasteiger partial charge in [0, 0.05) is 19.6 Å². The van der Waals surface area contributed by atoms with Crippen molar-refractivity contribution in [2.24, 2.45) is 0 Å². The number of hydrogen-bond acceptors (Lipinski definition) is 7. The average molecular weight is 294 g/mol. The van der Waals surface area contributed by atoms with Crippen LogP contribution in [0.1, 0.15) is 37.4 Å². The van der Waals surface area contributed by atoms with E-state index in [9.17, 15) is 0 Å². The molecule has 0 amide bonds. The molecule has 116 valence electrons. The summed E-state index contributed by atoms with van der Waals surface area (Å²) in [5.41, 5.74) is 0.